The maximum absolute atomic E-state index is 12.0. The molecule has 0 saturated heterocycles. The van der Waals surface area contributed by atoms with Crippen LogP contribution in [0.3, 0.4) is 0 Å². The summed E-state index contributed by atoms with van der Waals surface area (Å²) in [6.07, 6.45) is 2.80. The van der Waals surface area contributed by atoms with Crippen LogP contribution >= 0.6 is 0 Å². The molecule has 0 aliphatic heterocycles. The molecule has 0 aliphatic carbocycles. The van der Waals surface area contributed by atoms with Gasteiger partial charge in [0, 0.05) is 11.6 Å². The molecule has 0 saturated carbocycles. The van der Waals surface area contributed by atoms with E-state index in [1.54, 1.807) is 6.08 Å². The van der Waals surface area contributed by atoms with Crippen molar-refractivity contribution < 1.29 is 27.8 Å². The van der Waals surface area contributed by atoms with Crippen LogP contribution in [0, 0.1) is 0 Å². The average Bonchev–Trinajstić information content (AvgIpc) is 2.59. The standard InChI is InChI=1S/C18H14F2O4/c19-18(20)24-15-9-7-14(8-10-15)16(21)12-23-17(22)11-6-13-4-2-1-3-5-13/h1-11,18H,12H2. The highest BCUT2D eigenvalue weighted by molar-refractivity contribution is 5.99. The minimum Gasteiger partial charge on any atom is -0.454 e. The highest BCUT2D eigenvalue weighted by atomic mass is 19.3. The van der Waals surface area contributed by atoms with Gasteiger partial charge in [0.05, 0.1) is 0 Å². The number of rotatable bonds is 7. The molecular formula is C18H14F2O4. The average molecular weight is 332 g/mol. The lowest BCUT2D eigenvalue weighted by Crippen LogP contribution is -2.12. The van der Waals surface area contributed by atoms with Gasteiger partial charge in [0.15, 0.2) is 12.4 Å². The van der Waals surface area contributed by atoms with Gasteiger partial charge in [-0.2, -0.15) is 8.78 Å². The third-order valence-corrected chi connectivity index (χ3v) is 2.96. The molecule has 0 fully saturated rings. The van der Waals surface area contributed by atoms with E-state index >= 15 is 0 Å². The summed E-state index contributed by atoms with van der Waals surface area (Å²) in [4.78, 5) is 23.4. The Morgan fingerprint density at radius 2 is 1.67 bits per heavy atom. The van der Waals surface area contributed by atoms with Crippen molar-refractivity contribution in [2.45, 2.75) is 6.61 Å². The molecule has 0 spiro atoms. The Bertz CT molecular complexity index is 710. The fourth-order valence-corrected chi connectivity index (χ4v) is 1.82. The van der Waals surface area contributed by atoms with Crippen molar-refractivity contribution in [1.82, 2.24) is 0 Å². The first-order chi connectivity index (χ1) is 11.5. The molecule has 0 heterocycles. The molecular weight excluding hydrogens is 318 g/mol. The number of ether oxygens (including phenoxy) is 2. The fraction of sp³-hybridized carbons (Fsp3) is 0.111. The Hall–Kier alpha value is -3.02. The van der Waals surface area contributed by atoms with Crippen LogP contribution in [0.1, 0.15) is 15.9 Å². The topological polar surface area (TPSA) is 52.6 Å². The number of ketones is 1. The van der Waals surface area contributed by atoms with E-state index in [9.17, 15) is 18.4 Å². The van der Waals surface area contributed by atoms with Gasteiger partial charge in [-0.25, -0.2) is 4.79 Å². The number of esters is 1. The summed E-state index contributed by atoms with van der Waals surface area (Å²) in [7, 11) is 0. The number of alkyl halides is 2. The first kappa shape index (κ1) is 17.3. The molecule has 0 N–H and O–H groups in total. The number of benzene rings is 2. The minimum atomic E-state index is -2.93. The third kappa shape index (κ3) is 5.64. The van der Waals surface area contributed by atoms with Crippen molar-refractivity contribution in [3.63, 3.8) is 0 Å². The van der Waals surface area contributed by atoms with E-state index in [1.165, 1.54) is 30.3 Å². The van der Waals surface area contributed by atoms with Gasteiger partial charge in [0.25, 0.3) is 0 Å². The number of hydrogen-bond acceptors (Lipinski definition) is 4. The van der Waals surface area contributed by atoms with Crippen molar-refractivity contribution in [3.8, 4) is 5.75 Å². The maximum atomic E-state index is 12.0. The van der Waals surface area contributed by atoms with Crippen molar-refractivity contribution in [3.05, 3.63) is 71.8 Å². The lowest BCUT2D eigenvalue weighted by molar-refractivity contribution is -0.136. The van der Waals surface area contributed by atoms with Gasteiger partial charge in [-0.3, -0.25) is 4.79 Å². The number of hydrogen-bond donors (Lipinski definition) is 0. The zero-order chi connectivity index (χ0) is 17.4. The van der Waals surface area contributed by atoms with Gasteiger partial charge in [0.2, 0.25) is 0 Å². The van der Waals surface area contributed by atoms with Crippen LogP contribution < -0.4 is 4.74 Å². The molecule has 0 radical (unpaired) electrons. The SMILES string of the molecule is O=C(C=Cc1ccccc1)OCC(=O)c1ccc(OC(F)F)cc1. The van der Waals surface area contributed by atoms with Crippen molar-refractivity contribution in [2.24, 2.45) is 0 Å². The van der Waals surface area contributed by atoms with Crippen LogP contribution in [-0.4, -0.2) is 25.0 Å². The van der Waals surface area contributed by atoms with E-state index in [-0.39, 0.29) is 11.3 Å². The van der Waals surface area contributed by atoms with Crippen LogP contribution in [0.2, 0.25) is 0 Å². The zero-order valence-corrected chi connectivity index (χ0v) is 12.5. The molecule has 0 amide bonds. The summed E-state index contributed by atoms with van der Waals surface area (Å²) < 4.78 is 33.1. The molecule has 124 valence electrons. The number of carbonyl (C=O) groups excluding carboxylic acids is 2. The predicted octanol–water partition coefficient (Wildman–Crippen LogP) is 3.73. The summed E-state index contributed by atoms with van der Waals surface area (Å²) >= 11 is 0. The third-order valence-electron chi connectivity index (χ3n) is 2.96. The van der Waals surface area contributed by atoms with E-state index in [0.29, 0.717) is 0 Å². The van der Waals surface area contributed by atoms with Gasteiger partial charge < -0.3 is 9.47 Å². The Balaban J connectivity index is 1.84. The first-order valence-corrected chi connectivity index (χ1v) is 7.02. The Kier molecular flexibility index (Phi) is 6.19. The molecule has 2 aromatic carbocycles. The molecule has 0 bridgehead atoms. The Morgan fingerprint density at radius 1 is 1.00 bits per heavy atom. The Labute approximate surface area is 137 Å². The molecule has 2 aromatic rings. The molecule has 0 unspecified atom stereocenters. The molecule has 24 heavy (non-hydrogen) atoms. The quantitative estimate of drug-likeness (QED) is 0.440. The lowest BCUT2D eigenvalue weighted by Gasteiger charge is -2.05. The summed E-state index contributed by atoms with van der Waals surface area (Å²) in [5.74, 6) is -1.14. The molecule has 4 nitrogen and oxygen atoms in total. The second kappa shape index (κ2) is 8.57. The van der Waals surface area contributed by atoms with Crippen molar-refractivity contribution in [2.75, 3.05) is 6.61 Å². The van der Waals surface area contributed by atoms with Crippen LogP contribution in [0.15, 0.2) is 60.7 Å². The fourth-order valence-electron chi connectivity index (χ4n) is 1.82. The molecule has 0 aliphatic rings. The molecule has 0 aromatic heterocycles. The normalized spacial score (nSPS) is 10.8. The van der Waals surface area contributed by atoms with Crippen LogP contribution in [-0.2, 0) is 9.53 Å². The summed E-state index contributed by atoms with van der Waals surface area (Å²) in [6, 6.07) is 14.3. The molecule has 6 heteroatoms. The highest BCUT2D eigenvalue weighted by Gasteiger charge is 2.10. The second-order valence-corrected chi connectivity index (χ2v) is 4.68. The number of halogens is 2. The number of Topliss-reactive ketones (excluding diaryl/α,β-unsaturated/α-hetero) is 1. The predicted molar refractivity (Wildman–Crippen MR) is 83.8 cm³/mol. The Morgan fingerprint density at radius 3 is 2.29 bits per heavy atom. The van der Waals surface area contributed by atoms with Crippen molar-refractivity contribution in [1.29, 1.82) is 0 Å². The van der Waals surface area contributed by atoms with Gasteiger partial charge in [-0.1, -0.05) is 30.3 Å². The van der Waals surface area contributed by atoms with Crippen molar-refractivity contribution >= 4 is 17.8 Å². The van der Waals surface area contributed by atoms with Gasteiger partial charge >= 0.3 is 12.6 Å². The monoisotopic (exact) mass is 332 g/mol. The number of carbonyl (C=O) groups is 2. The molecule has 0 atom stereocenters. The first-order valence-electron chi connectivity index (χ1n) is 7.02. The highest BCUT2D eigenvalue weighted by Crippen LogP contribution is 2.15. The zero-order valence-electron chi connectivity index (χ0n) is 12.5. The van der Waals surface area contributed by atoms with Crippen LogP contribution in [0.5, 0.6) is 5.75 Å². The van der Waals surface area contributed by atoms with Gasteiger partial charge in [0.1, 0.15) is 5.75 Å². The summed E-state index contributed by atoms with van der Waals surface area (Å²) in [5, 5.41) is 0. The molecule has 2 rings (SSSR count). The maximum Gasteiger partial charge on any atom is 0.387 e. The summed E-state index contributed by atoms with van der Waals surface area (Å²) in [5.41, 5.74) is 1.06. The summed E-state index contributed by atoms with van der Waals surface area (Å²) in [6.45, 7) is -3.36. The van der Waals surface area contributed by atoms with Gasteiger partial charge in [-0.15, -0.1) is 0 Å². The van der Waals surface area contributed by atoms with E-state index < -0.39 is 25.0 Å². The van der Waals surface area contributed by atoms with Crippen LogP contribution in [0.25, 0.3) is 6.08 Å². The van der Waals surface area contributed by atoms with E-state index in [4.69, 9.17) is 4.74 Å². The lowest BCUT2D eigenvalue weighted by atomic mass is 10.1. The minimum absolute atomic E-state index is 0.0515. The van der Waals surface area contributed by atoms with Crippen LogP contribution in [0.4, 0.5) is 8.78 Å². The largest absolute Gasteiger partial charge is 0.454 e. The van der Waals surface area contributed by atoms with E-state index in [1.807, 2.05) is 30.3 Å². The second-order valence-electron chi connectivity index (χ2n) is 4.68. The van der Waals surface area contributed by atoms with Gasteiger partial charge in [-0.05, 0) is 35.9 Å². The van der Waals surface area contributed by atoms with E-state index in [0.717, 1.165) is 5.56 Å². The van der Waals surface area contributed by atoms with E-state index in [2.05, 4.69) is 4.74 Å². The smallest absolute Gasteiger partial charge is 0.387 e.